The van der Waals surface area contributed by atoms with Gasteiger partial charge < -0.3 is 5.32 Å². The molecule has 0 fully saturated rings. The quantitative estimate of drug-likeness (QED) is 0.195. The highest BCUT2D eigenvalue weighted by Gasteiger charge is 2.23. The van der Waals surface area contributed by atoms with Gasteiger partial charge in [0.1, 0.15) is 6.17 Å². The molecule has 1 atom stereocenters. The van der Waals surface area contributed by atoms with Crippen LogP contribution in [0.2, 0.25) is 0 Å². The third-order valence-electron chi connectivity index (χ3n) is 6.08. The number of anilines is 1. The van der Waals surface area contributed by atoms with E-state index < -0.39 is 8.07 Å². The van der Waals surface area contributed by atoms with Crippen LogP contribution in [-0.2, 0) is 0 Å². The van der Waals surface area contributed by atoms with E-state index in [-0.39, 0.29) is 6.17 Å². The molecular weight excluding hydrogens is 431 g/mol. The molecule has 0 heterocycles. The van der Waals surface area contributed by atoms with Crippen LogP contribution in [0.4, 0.5) is 5.69 Å². The number of nitrogens with one attached hydrogen (secondary N) is 2. The highest BCUT2D eigenvalue weighted by Crippen LogP contribution is 2.38. The van der Waals surface area contributed by atoms with Crippen molar-refractivity contribution in [1.29, 1.82) is 0 Å². The molecule has 3 heteroatoms. The summed E-state index contributed by atoms with van der Waals surface area (Å²) in [5.41, 5.74) is 5.20. The molecule has 4 rings (SSSR count). The van der Waals surface area contributed by atoms with Gasteiger partial charge in [0.2, 0.25) is 0 Å². The van der Waals surface area contributed by atoms with Crippen LogP contribution >= 0.6 is 8.07 Å². The topological polar surface area (TPSA) is 24.1 Å². The fourth-order valence-electron chi connectivity index (χ4n) is 4.28. The molecule has 0 radical (unpaired) electrons. The Morgan fingerprint density at radius 3 is 1.41 bits per heavy atom. The van der Waals surface area contributed by atoms with Crippen molar-refractivity contribution in [3.63, 3.8) is 0 Å². The van der Waals surface area contributed by atoms with Gasteiger partial charge in [0.15, 0.2) is 0 Å². The monoisotopic (exact) mass is 466 g/mol. The lowest BCUT2D eigenvalue weighted by molar-refractivity contribution is 0.748. The summed E-state index contributed by atoms with van der Waals surface area (Å²) in [6, 6.07) is 39.1. The predicted molar refractivity (Wildman–Crippen MR) is 150 cm³/mol. The minimum Gasteiger partial charge on any atom is -0.365 e. The zero-order chi connectivity index (χ0) is 23.9. The van der Waals surface area contributed by atoms with Crippen LogP contribution in [0.15, 0.2) is 109 Å². The standard InChI is InChI=1S/C31H35N2P/c1-23(2)28-21-14-22-29(24(3)4)30(28)32-31(25-15-8-5-9-16-25)33-34(26-17-10-6-11-18-26)27-19-12-7-13-20-27/h5-24,31-33H,1-4H3. The van der Waals surface area contributed by atoms with Crippen molar-refractivity contribution in [2.75, 3.05) is 5.32 Å². The van der Waals surface area contributed by atoms with Crippen molar-refractivity contribution >= 4 is 24.4 Å². The Balaban J connectivity index is 1.79. The molecule has 34 heavy (non-hydrogen) atoms. The fraction of sp³-hybridized carbons (Fsp3) is 0.226. The Kier molecular flexibility index (Phi) is 8.16. The van der Waals surface area contributed by atoms with Gasteiger partial charge in [0.25, 0.3) is 0 Å². The van der Waals surface area contributed by atoms with E-state index in [0.29, 0.717) is 11.8 Å². The lowest BCUT2D eigenvalue weighted by atomic mass is 9.92. The molecule has 2 N–H and O–H groups in total. The second-order valence-corrected chi connectivity index (χ2v) is 11.2. The Morgan fingerprint density at radius 1 is 0.529 bits per heavy atom. The SMILES string of the molecule is CC(C)c1cccc(C(C)C)c1NC(NP(c1ccccc1)c1ccccc1)c1ccccc1. The summed E-state index contributed by atoms with van der Waals surface area (Å²) in [7, 11) is -0.772. The lowest BCUT2D eigenvalue weighted by Crippen LogP contribution is -2.32. The van der Waals surface area contributed by atoms with Gasteiger partial charge in [-0.15, -0.1) is 0 Å². The summed E-state index contributed by atoms with van der Waals surface area (Å²) in [5, 5.41) is 10.6. The van der Waals surface area contributed by atoms with Crippen molar-refractivity contribution in [2.45, 2.75) is 45.7 Å². The average molecular weight is 467 g/mol. The van der Waals surface area contributed by atoms with Gasteiger partial charge in [-0.2, -0.15) is 0 Å². The van der Waals surface area contributed by atoms with E-state index in [9.17, 15) is 0 Å². The van der Waals surface area contributed by atoms with Crippen LogP contribution in [0.25, 0.3) is 0 Å². The van der Waals surface area contributed by atoms with E-state index in [1.54, 1.807) is 0 Å². The van der Waals surface area contributed by atoms with Gasteiger partial charge in [0.05, 0.1) is 0 Å². The van der Waals surface area contributed by atoms with E-state index in [1.165, 1.54) is 33.0 Å². The van der Waals surface area contributed by atoms with E-state index in [2.05, 4.69) is 147 Å². The minimum atomic E-state index is -0.772. The molecule has 2 nitrogen and oxygen atoms in total. The maximum absolute atomic E-state index is 4.04. The van der Waals surface area contributed by atoms with Crippen LogP contribution < -0.4 is 21.0 Å². The summed E-state index contributed by atoms with van der Waals surface area (Å²) >= 11 is 0. The van der Waals surface area contributed by atoms with Crippen molar-refractivity contribution in [2.24, 2.45) is 0 Å². The minimum absolute atomic E-state index is 0.0369. The molecule has 1 unspecified atom stereocenters. The number of hydrogen-bond acceptors (Lipinski definition) is 2. The zero-order valence-electron chi connectivity index (χ0n) is 20.6. The first-order valence-corrected chi connectivity index (χ1v) is 13.5. The largest absolute Gasteiger partial charge is 0.365 e. The molecule has 0 bridgehead atoms. The second-order valence-electron chi connectivity index (χ2n) is 9.24. The third-order valence-corrected chi connectivity index (χ3v) is 8.23. The molecule has 4 aromatic rings. The number of para-hydroxylation sites is 1. The summed E-state index contributed by atoms with van der Waals surface area (Å²) in [5.74, 6) is 0.866. The summed E-state index contributed by atoms with van der Waals surface area (Å²) in [6.07, 6.45) is -0.0369. The first kappa shape index (κ1) is 24.2. The fourth-order valence-corrected chi connectivity index (χ4v) is 6.29. The lowest BCUT2D eigenvalue weighted by Gasteiger charge is -2.31. The molecule has 0 aliphatic rings. The molecule has 0 aromatic heterocycles. The van der Waals surface area contributed by atoms with E-state index in [4.69, 9.17) is 0 Å². The Bertz CT molecular complexity index is 1090. The maximum atomic E-state index is 4.04. The predicted octanol–water partition coefficient (Wildman–Crippen LogP) is 7.68. The molecular formula is C31H35N2P. The zero-order valence-corrected chi connectivity index (χ0v) is 21.5. The van der Waals surface area contributed by atoms with E-state index in [0.717, 1.165) is 0 Å². The maximum Gasteiger partial charge on any atom is 0.107 e. The first-order valence-electron chi connectivity index (χ1n) is 12.1. The summed E-state index contributed by atoms with van der Waals surface area (Å²) in [4.78, 5) is 0. The molecule has 0 spiro atoms. The van der Waals surface area contributed by atoms with Crippen LogP contribution in [0.3, 0.4) is 0 Å². The van der Waals surface area contributed by atoms with Crippen molar-refractivity contribution in [3.05, 3.63) is 126 Å². The molecule has 0 saturated heterocycles. The van der Waals surface area contributed by atoms with Gasteiger partial charge >= 0.3 is 0 Å². The van der Waals surface area contributed by atoms with Gasteiger partial charge in [-0.05, 0) is 39.1 Å². The van der Waals surface area contributed by atoms with Crippen molar-refractivity contribution in [3.8, 4) is 0 Å². The normalized spacial score (nSPS) is 12.3. The molecule has 0 amide bonds. The van der Waals surface area contributed by atoms with Crippen LogP contribution in [-0.4, -0.2) is 0 Å². The highest BCUT2D eigenvalue weighted by molar-refractivity contribution is 7.71. The Morgan fingerprint density at radius 2 is 0.971 bits per heavy atom. The van der Waals surface area contributed by atoms with Gasteiger partial charge in [-0.25, -0.2) is 0 Å². The third kappa shape index (κ3) is 5.76. The van der Waals surface area contributed by atoms with Crippen LogP contribution in [0, 0.1) is 0 Å². The highest BCUT2D eigenvalue weighted by atomic mass is 31.1. The average Bonchev–Trinajstić information content (AvgIpc) is 2.87. The first-order chi connectivity index (χ1) is 16.5. The molecule has 0 aliphatic carbocycles. The number of benzene rings is 4. The Labute approximate surface area is 206 Å². The van der Waals surface area contributed by atoms with Crippen molar-refractivity contribution < 1.29 is 0 Å². The molecule has 0 saturated carbocycles. The number of hydrogen-bond donors (Lipinski definition) is 2. The second kappa shape index (κ2) is 11.5. The van der Waals surface area contributed by atoms with Crippen molar-refractivity contribution in [1.82, 2.24) is 5.09 Å². The molecule has 4 aromatic carbocycles. The number of rotatable bonds is 9. The summed E-state index contributed by atoms with van der Waals surface area (Å²) < 4.78 is 0. The van der Waals surface area contributed by atoms with Crippen LogP contribution in [0.5, 0.6) is 0 Å². The smallest absolute Gasteiger partial charge is 0.107 e. The Hall–Kier alpha value is -2.93. The van der Waals surface area contributed by atoms with Gasteiger partial charge in [-0.3, -0.25) is 5.09 Å². The van der Waals surface area contributed by atoms with Gasteiger partial charge in [0, 0.05) is 13.8 Å². The summed E-state index contributed by atoms with van der Waals surface area (Å²) in [6.45, 7) is 9.10. The van der Waals surface area contributed by atoms with Gasteiger partial charge in [-0.1, -0.05) is 137 Å². The molecule has 174 valence electrons. The van der Waals surface area contributed by atoms with E-state index in [1.807, 2.05) is 0 Å². The van der Waals surface area contributed by atoms with Crippen LogP contribution in [0.1, 0.15) is 62.4 Å². The molecule has 0 aliphatic heterocycles. The van der Waals surface area contributed by atoms with E-state index >= 15 is 0 Å².